The van der Waals surface area contributed by atoms with Crippen LogP contribution in [0.15, 0.2) is 12.1 Å². The summed E-state index contributed by atoms with van der Waals surface area (Å²) < 4.78 is 38.7. The van der Waals surface area contributed by atoms with Gasteiger partial charge in [-0.3, -0.25) is 0 Å². The van der Waals surface area contributed by atoms with Crippen LogP contribution in [0.4, 0.5) is 19.0 Å². The normalized spacial score (nSPS) is 19.9. The Balaban J connectivity index is 2.21. The number of hydrogen-bond acceptors (Lipinski definition) is 3. The number of nitrogens with zero attached hydrogens (tertiary/aromatic N) is 2. The summed E-state index contributed by atoms with van der Waals surface area (Å²) in [6.45, 7) is 3.05. The molecule has 1 atom stereocenters. The molecule has 118 valence electrons. The first kappa shape index (κ1) is 16.1. The van der Waals surface area contributed by atoms with Gasteiger partial charge in [-0.25, -0.2) is 4.98 Å². The maximum absolute atomic E-state index is 12.9. The van der Waals surface area contributed by atoms with Crippen molar-refractivity contribution in [1.82, 2.24) is 4.98 Å². The van der Waals surface area contributed by atoms with Gasteiger partial charge in [-0.15, -0.1) is 0 Å². The number of nitrogens with two attached hydrogens (primary N) is 1. The Bertz CT molecular complexity index is 474. The molecule has 1 aliphatic rings. The summed E-state index contributed by atoms with van der Waals surface area (Å²) in [7, 11) is 0. The summed E-state index contributed by atoms with van der Waals surface area (Å²) in [5, 5.41) is 0. The van der Waals surface area contributed by atoms with Gasteiger partial charge in [0.2, 0.25) is 0 Å². The Labute approximate surface area is 123 Å². The van der Waals surface area contributed by atoms with Gasteiger partial charge in [-0.1, -0.05) is 13.3 Å². The lowest BCUT2D eigenvalue weighted by Crippen LogP contribution is -2.42. The van der Waals surface area contributed by atoms with Gasteiger partial charge in [-0.05, 0) is 37.0 Å². The number of aryl methyl sites for hydroxylation is 1. The molecule has 0 bridgehead atoms. The van der Waals surface area contributed by atoms with Crippen molar-refractivity contribution in [3.8, 4) is 0 Å². The fraction of sp³-hybridized carbons (Fsp3) is 0.667. The summed E-state index contributed by atoms with van der Waals surface area (Å²) in [5.74, 6) is -0.625. The molecule has 21 heavy (non-hydrogen) atoms. The quantitative estimate of drug-likeness (QED) is 0.928. The zero-order chi connectivity index (χ0) is 15.5. The largest absolute Gasteiger partial charge is 0.393 e. The minimum atomic E-state index is -4.13. The SMILES string of the molecule is CCCc1cc(CN)cc(N2CCCC(C(F)(F)F)C2)n1. The van der Waals surface area contributed by atoms with Crippen LogP contribution in [-0.4, -0.2) is 24.2 Å². The zero-order valence-corrected chi connectivity index (χ0v) is 12.3. The van der Waals surface area contributed by atoms with Gasteiger partial charge in [0.05, 0.1) is 5.92 Å². The first-order chi connectivity index (χ1) is 9.94. The van der Waals surface area contributed by atoms with E-state index in [2.05, 4.69) is 11.9 Å². The van der Waals surface area contributed by atoms with Crippen molar-refractivity contribution in [3.05, 3.63) is 23.4 Å². The summed E-state index contributed by atoms with van der Waals surface area (Å²) in [6.07, 6.45) is -1.61. The molecule has 0 amide bonds. The average molecular weight is 301 g/mol. The van der Waals surface area contributed by atoms with E-state index in [1.165, 1.54) is 0 Å². The molecule has 0 aromatic carbocycles. The van der Waals surface area contributed by atoms with Crippen molar-refractivity contribution < 1.29 is 13.2 Å². The van der Waals surface area contributed by atoms with Gasteiger partial charge in [0.1, 0.15) is 5.82 Å². The number of halogens is 3. The second-order valence-corrected chi connectivity index (χ2v) is 5.61. The summed E-state index contributed by atoms with van der Waals surface area (Å²) in [4.78, 5) is 6.26. The molecule has 1 aliphatic heterocycles. The monoisotopic (exact) mass is 301 g/mol. The topological polar surface area (TPSA) is 42.1 Å². The van der Waals surface area contributed by atoms with E-state index in [-0.39, 0.29) is 13.0 Å². The number of hydrogen-bond donors (Lipinski definition) is 1. The lowest BCUT2D eigenvalue weighted by atomic mass is 9.97. The molecule has 6 heteroatoms. The van der Waals surface area contributed by atoms with Crippen LogP contribution in [0.3, 0.4) is 0 Å². The molecule has 1 aromatic rings. The fourth-order valence-corrected chi connectivity index (χ4v) is 2.75. The maximum atomic E-state index is 12.9. The highest BCUT2D eigenvalue weighted by molar-refractivity contribution is 5.43. The minimum Gasteiger partial charge on any atom is -0.356 e. The van der Waals surface area contributed by atoms with Crippen molar-refractivity contribution in [1.29, 1.82) is 0 Å². The maximum Gasteiger partial charge on any atom is 0.393 e. The van der Waals surface area contributed by atoms with Gasteiger partial charge >= 0.3 is 6.18 Å². The number of pyridine rings is 1. The minimum absolute atomic E-state index is 0.00388. The summed E-state index contributed by atoms with van der Waals surface area (Å²) >= 11 is 0. The van der Waals surface area contributed by atoms with Gasteiger partial charge in [0.25, 0.3) is 0 Å². The van der Waals surface area contributed by atoms with E-state index in [1.807, 2.05) is 12.1 Å². The standard InChI is InChI=1S/C15H22F3N3/c1-2-4-13-7-11(9-19)8-14(20-13)21-6-3-5-12(10-21)15(16,17)18/h7-8,12H,2-6,9-10,19H2,1H3. The smallest absolute Gasteiger partial charge is 0.356 e. The van der Waals surface area contributed by atoms with Crippen LogP contribution in [0.25, 0.3) is 0 Å². The molecule has 2 rings (SSSR count). The molecular formula is C15H22F3N3. The molecule has 0 aliphatic carbocycles. The fourth-order valence-electron chi connectivity index (χ4n) is 2.75. The Morgan fingerprint density at radius 1 is 1.38 bits per heavy atom. The third-order valence-electron chi connectivity index (χ3n) is 3.87. The second-order valence-electron chi connectivity index (χ2n) is 5.61. The highest BCUT2D eigenvalue weighted by Gasteiger charge is 2.42. The number of alkyl halides is 3. The number of rotatable bonds is 4. The molecule has 2 heterocycles. The van der Waals surface area contributed by atoms with Crippen LogP contribution in [0.5, 0.6) is 0 Å². The van der Waals surface area contributed by atoms with Crippen molar-refractivity contribution in [2.45, 2.75) is 45.3 Å². The molecule has 1 fully saturated rings. The van der Waals surface area contributed by atoms with Crippen LogP contribution in [0, 0.1) is 5.92 Å². The van der Waals surface area contributed by atoms with Crippen LogP contribution in [0.1, 0.15) is 37.4 Å². The number of piperidine rings is 1. The van der Waals surface area contributed by atoms with Crippen molar-refractivity contribution in [2.75, 3.05) is 18.0 Å². The first-order valence-electron chi connectivity index (χ1n) is 7.45. The van der Waals surface area contributed by atoms with Gasteiger partial charge in [0, 0.05) is 25.3 Å². The van der Waals surface area contributed by atoms with Crippen molar-refractivity contribution in [3.63, 3.8) is 0 Å². The Morgan fingerprint density at radius 3 is 2.76 bits per heavy atom. The molecule has 2 N–H and O–H groups in total. The van der Waals surface area contributed by atoms with Crippen LogP contribution >= 0.6 is 0 Å². The Morgan fingerprint density at radius 2 is 2.14 bits per heavy atom. The van der Waals surface area contributed by atoms with Crippen molar-refractivity contribution >= 4 is 5.82 Å². The number of aromatic nitrogens is 1. The predicted molar refractivity (Wildman–Crippen MR) is 77.1 cm³/mol. The van der Waals surface area contributed by atoms with Crippen LogP contribution in [-0.2, 0) is 13.0 Å². The summed E-state index contributed by atoms with van der Waals surface area (Å²) in [5.41, 5.74) is 7.52. The van der Waals surface area contributed by atoms with E-state index in [0.29, 0.717) is 25.3 Å². The van der Waals surface area contributed by atoms with Crippen LogP contribution in [0.2, 0.25) is 0 Å². The van der Waals surface area contributed by atoms with E-state index in [4.69, 9.17) is 5.73 Å². The van der Waals surface area contributed by atoms with Gasteiger partial charge in [-0.2, -0.15) is 13.2 Å². The Hall–Kier alpha value is -1.30. The van der Waals surface area contributed by atoms with E-state index in [9.17, 15) is 13.2 Å². The highest BCUT2D eigenvalue weighted by atomic mass is 19.4. The summed E-state index contributed by atoms with van der Waals surface area (Å²) in [6, 6.07) is 3.76. The number of anilines is 1. The highest BCUT2D eigenvalue weighted by Crippen LogP contribution is 2.34. The van der Waals surface area contributed by atoms with Crippen molar-refractivity contribution in [2.24, 2.45) is 11.7 Å². The molecular weight excluding hydrogens is 279 g/mol. The van der Waals surface area contributed by atoms with E-state index in [0.717, 1.165) is 24.1 Å². The molecule has 0 spiro atoms. The van der Waals surface area contributed by atoms with Gasteiger partial charge < -0.3 is 10.6 Å². The molecule has 0 radical (unpaired) electrons. The average Bonchev–Trinajstić information content (AvgIpc) is 2.46. The zero-order valence-electron chi connectivity index (χ0n) is 12.3. The molecule has 3 nitrogen and oxygen atoms in total. The van der Waals surface area contributed by atoms with E-state index in [1.54, 1.807) is 4.90 Å². The Kier molecular flexibility index (Phi) is 5.08. The molecule has 1 unspecified atom stereocenters. The second kappa shape index (κ2) is 6.64. The lowest BCUT2D eigenvalue weighted by Gasteiger charge is -2.34. The van der Waals surface area contributed by atoms with E-state index < -0.39 is 12.1 Å². The predicted octanol–water partition coefficient (Wildman–Crippen LogP) is 3.27. The molecule has 1 saturated heterocycles. The van der Waals surface area contributed by atoms with E-state index >= 15 is 0 Å². The first-order valence-corrected chi connectivity index (χ1v) is 7.45. The molecule has 0 saturated carbocycles. The van der Waals surface area contributed by atoms with Crippen LogP contribution < -0.4 is 10.6 Å². The molecule has 1 aromatic heterocycles. The van der Waals surface area contributed by atoms with Gasteiger partial charge in [0.15, 0.2) is 0 Å². The third-order valence-corrected chi connectivity index (χ3v) is 3.87. The third kappa shape index (κ3) is 4.09. The lowest BCUT2D eigenvalue weighted by molar-refractivity contribution is -0.176.